The average molecular weight is 266 g/mol. The lowest BCUT2D eigenvalue weighted by atomic mass is 10.1. The Labute approximate surface area is 113 Å². The SMILES string of the molecule is CC(O)CCN(C)Cc1cc(N)cc2c1OCOC2. The third-order valence-electron chi connectivity index (χ3n) is 3.18. The van der Waals surface area contributed by atoms with E-state index in [0.29, 0.717) is 13.4 Å². The van der Waals surface area contributed by atoms with Crippen molar-refractivity contribution in [3.8, 4) is 5.75 Å². The normalized spacial score (nSPS) is 16.0. The molecule has 1 heterocycles. The van der Waals surface area contributed by atoms with E-state index in [-0.39, 0.29) is 6.10 Å². The summed E-state index contributed by atoms with van der Waals surface area (Å²) in [6.45, 7) is 4.22. The van der Waals surface area contributed by atoms with Crippen molar-refractivity contribution in [1.82, 2.24) is 4.90 Å². The summed E-state index contributed by atoms with van der Waals surface area (Å²) < 4.78 is 10.8. The van der Waals surface area contributed by atoms with E-state index in [0.717, 1.165) is 42.1 Å². The molecule has 3 N–H and O–H groups in total. The van der Waals surface area contributed by atoms with Gasteiger partial charge in [0.25, 0.3) is 0 Å². The minimum absolute atomic E-state index is 0.276. The maximum Gasteiger partial charge on any atom is 0.189 e. The molecule has 1 atom stereocenters. The first-order chi connectivity index (χ1) is 9.06. The van der Waals surface area contributed by atoms with E-state index < -0.39 is 0 Å². The van der Waals surface area contributed by atoms with Gasteiger partial charge < -0.3 is 25.2 Å². The fourth-order valence-corrected chi connectivity index (χ4v) is 2.22. The number of ether oxygens (including phenoxy) is 2. The van der Waals surface area contributed by atoms with Crippen molar-refractivity contribution >= 4 is 5.69 Å². The van der Waals surface area contributed by atoms with Crippen molar-refractivity contribution < 1.29 is 14.6 Å². The van der Waals surface area contributed by atoms with Crippen molar-refractivity contribution in [3.05, 3.63) is 23.3 Å². The van der Waals surface area contributed by atoms with Gasteiger partial charge in [-0.15, -0.1) is 0 Å². The standard InChI is InChI=1S/C14H22N2O3/c1-10(17)3-4-16(2)7-11-5-13(15)6-12-8-18-9-19-14(11)12/h5-6,10,17H,3-4,7-9,15H2,1-2H3. The maximum atomic E-state index is 9.32. The first-order valence-electron chi connectivity index (χ1n) is 6.54. The molecular formula is C14H22N2O3. The average Bonchev–Trinajstić information content (AvgIpc) is 2.36. The van der Waals surface area contributed by atoms with Gasteiger partial charge in [-0.2, -0.15) is 0 Å². The zero-order chi connectivity index (χ0) is 13.8. The van der Waals surface area contributed by atoms with Crippen LogP contribution in [0.25, 0.3) is 0 Å². The number of nitrogen functional groups attached to an aromatic ring is 1. The molecule has 0 saturated heterocycles. The molecule has 0 bridgehead atoms. The molecule has 5 nitrogen and oxygen atoms in total. The van der Waals surface area contributed by atoms with Crippen LogP contribution in [0, 0.1) is 0 Å². The first-order valence-corrected chi connectivity index (χ1v) is 6.54. The predicted molar refractivity (Wildman–Crippen MR) is 73.8 cm³/mol. The highest BCUT2D eigenvalue weighted by atomic mass is 16.7. The van der Waals surface area contributed by atoms with Gasteiger partial charge in [0.1, 0.15) is 5.75 Å². The van der Waals surface area contributed by atoms with Gasteiger partial charge in [0.15, 0.2) is 6.79 Å². The number of fused-ring (bicyclic) bond motifs is 1. The summed E-state index contributed by atoms with van der Waals surface area (Å²) in [7, 11) is 2.03. The molecule has 0 aliphatic carbocycles. The van der Waals surface area contributed by atoms with Gasteiger partial charge in [-0.1, -0.05) is 0 Å². The Morgan fingerprint density at radius 3 is 3.00 bits per heavy atom. The van der Waals surface area contributed by atoms with Crippen molar-refractivity contribution in [3.63, 3.8) is 0 Å². The van der Waals surface area contributed by atoms with Gasteiger partial charge in [0.2, 0.25) is 0 Å². The minimum atomic E-state index is -0.276. The van der Waals surface area contributed by atoms with Crippen LogP contribution < -0.4 is 10.5 Å². The Balaban J connectivity index is 2.09. The molecule has 0 aromatic heterocycles. The molecular weight excluding hydrogens is 244 g/mol. The highest BCUT2D eigenvalue weighted by Crippen LogP contribution is 2.31. The molecule has 1 aliphatic rings. The molecule has 106 valence electrons. The van der Waals surface area contributed by atoms with Crippen LogP contribution in [0.4, 0.5) is 5.69 Å². The molecule has 5 heteroatoms. The van der Waals surface area contributed by atoms with Crippen molar-refractivity contribution in [2.45, 2.75) is 32.6 Å². The number of nitrogens with zero attached hydrogens (tertiary/aromatic N) is 1. The van der Waals surface area contributed by atoms with Gasteiger partial charge in [0, 0.05) is 29.9 Å². The van der Waals surface area contributed by atoms with Crippen LogP contribution in [0.1, 0.15) is 24.5 Å². The summed E-state index contributed by atoms with van der Waals surface area (Å²) in [5.41, 5.74) is 8.72. The summed E-state index contributed by atoms with van der Waals surface area (Å²) in [5, 5.41) is 9.32. The molecule has 1 unspecified atom stereocenters. The van der Waals surface area contributed by atoms with Gasteiger partial charge in [-0.25, -0.2) is 0 Å². The van der Waals surface area contributed by atoms with E-state index in [1.165, 1.54) is 0 Å². The van der Waals surface area contributed by atoms with Crippen LogP contribution in [0.15, 0.2) is 12.1 Å². The van der Waals surface area contributed by atoms with Gasteiger partial charge in [-0.05, 0) is 32.5 Å². The summed E-state index contributed by atoms with van der Waals surface area (Å²) in [4.78, 5) is 2.15. The zero-order valence-corrected chi connectivity index (χ0v) is 11.6. The maximum absolute atomic E-state index is 9.32. The lowest BCUT2D eigenvalue weighted by Crippen LogP contribution is -2.23. The summed E-state index contributed by atoms with van der Waals surface area (Å²) >= 11 is 0. The van der Waals surface area contributed by atoms with Gasteiger partial charge in [-0.3, -0.25) is 0 Å². The second kappa shape index (κ2) is 6.23. The smallest absolute Gasteiger partial charge is 0.189 e. The quantitative estimate of drug-likeness (QED) is 0.787. The number of aliphatic hydroxyl groups excluding tert-OH is 1. The molecule has 0 saturated carbocycles. The molecule has 0 fully saturated rings. The highest BCUT2D eigenvalue weighted by molar-refractivity contribution is 5.53. The number of aliphatic hydroxyl groups is 1. The van der Waals surface area contributed by atoms with Crippen LogP contribution in [-0.4, -0.2) is 36.5 Å². The fraction of sp³-hybridized carbons (Fsp3) is 0.571. The Hall–Kier alpha value is -1.30. The van der Waals surface area contributed by atoms with Crippen LogP contribution >= 0.6 is 0 Å². The summed E-state index contributed by atoms with van der Waals surface area (Å²) in [5.74, 6) is 0.893. The topological polar surface area (TPSA) is 68.0 Å². The monoisotopic (exact) mass is 266 g/mol. The van der Waals surface area contributed by atoms with Crippen molar-refractivity contribution in [2.24, 2.45) is 0 Å². The lowest BCUT2D eigenvalue weighted by Gasteiger charge is -2.24. The van der Waals surface area contributed by atoms with E-state index in [4.69, 9.17) is 15.2 Å². The van der Waals surface area contributed by atoms with Crippen LogP contribution in [0.3, 0.4) is 0 Å². The predicted octanol–water partition coefficient (Wildman–Crippen LogP) is 1.34. The Bertz CT molecular complexity index is 435. The molecule has 19 heavy (non-hydrogen) atoms. The third-order valence-corrected chi connectivity index (χ3v) is 3.18. The molecule has 0 radical (unpaired) electrons. The fourth-order valence-electron chi connectivity index (χ4n) is 2.22. The van der Waals surface area contributed by atoms with Crippen molar-refractivity contribution in [2.75, 3.05) is 26.1 Å². The van der Waals surface area contributed by atoms with Crippen molar-refractivity contribution in [1.29, 1.82) is 0 Å². The zero-order valence-electron chi connectivity index (χ0n) is 11.6. The van der Waals surface area contributed by atoms with Crippen LogP contribution in [0.5, 0.6) is 5.75 Å². The third kappa shape index (κ3) is 3.83. The van der Waals surface area contributed by atoms with Crippen LogP contribution in [-0.2, 0) is 17.9 Å². The summed E-state index contributed by atoms with van der Waals surface area (Å²) in [6, 6.07) is 3.84. The van der Waals surface area contributed by atoms with E-state index in [9.17, 15) is 5.11 Å². The van der Waals surface area contributed by atoms with E-state index in [1.54, 1.807) is 6.92 Å². The number of anilines is 1. The van der Waals surface area contributed by atoms with E-state index >= 15 is 0 Å². The summed E-state index contributed by atoms with van der Waals surface area (Å²) in [6.07, 6.45) is 0.479. The van der Waals surface area contributed by atoms with Crippen LogP contribution in [0.2, 0.25) is 0 Å². The Morgan fingerprint density at radius 2 is 2.26 bits per heavy atom. The number of hydrogen-bond donors (Lipinski definition) is 2. The molecule has 2 rings (SSSR count). The molecule has 1 aromatic carbocycles. The Morgan fingerprint density at radius 1 is 1.47 bits per heavy atom. The van der Waals surface area contributed by atoms with Gasteiger partial charge in [0.05, 0.1) is 12.7 Å². The molecule has 1 aliphatic heterocycles. The number of benzene rings is 1. The first kappa shape index (κ1) is 14.1. The highest BCUT2D eigenvalue weighted by Gasteiger charge is 2.17. The van der Waals surface area contributed by atoms with E-state index in [1.807, 2.05) is 19.2 Å². The minimum Gasteiger partial charge on any atom is -0.467 e. The largest absolute Gasteiger partial charge is 0.467 e. The lowest BCUT2D eigenvalue weighted by molar-refractivity contribution is -0.0173. The van der Waals surface area contributed by atoms with E-state index in [2.05, 4.69) is 4.90 Å². The number of rotatable bonds is 5. The second-order valence-electron chi connectivity index (χ2n) is 5.15. The number of hydrogen-bond acceptors (Lipinski definition) is 5. The van der Waals surface area contributed by atoms with Gasteiger partial charge >= 0.3 is 0 Å². The molecule has 1 aromatic rings. The molecule has 0 amide bonds. The number of nitrogens with two attached hydrogens (primary N) is 1. The molecule has 0 spiro atoms. The second-order valence-corrected chi connectivity index (χ2v) is 5.15. The Kier molecular flexibility index (Phi) is 4.63.